The Labute approximate surface area is 71.7 Å². The zero-order chi connectivity index (χ0) is 8.91. The van der Waals surface area contributed by atoms with Gasteiger partial charge in [0.15, 0.2) is 0 Å². The minimum absolute atomic E-state index is 0.489. The summed E-state index contributed by atoms with van der Waals surface area (Å²) in [4.78, 5) is 0. The number of hydrogen-bond acceptors (Lipinski definition) is 0. The molecule has 0 aliphatic carbocycles. The molecule has 0 aromatic carbocycles. The molecule has 0 nitrogen and oxygen atoms in total. The molecule has 11 heavy (non-hydrogen) atoms. The monoisotopic (exact) mass is 154 g/mol. The minimum Gasteiger partial charge on any atom is -0.0859 e. The van der Waals surface area contributed by atoms with Crippen LogP contribution in [0.5, 0.6) is 0 Å². The summed E-state index contributed by atoms with van der Waals surface area (Å²) < 4.78 is 0. The second-order valence-electron chi connectivity index (χ2n) is 4.52. The summed E-state index contributed by atoms with van der Waals surface area (Å²) >= 11 is 0. The van der Waals surface area contributed by atoms with Crippen LogP contribution in [0.2, 0.25) is 0 Å². The molecule has 0 radical (unpaired) electrons. The summed E-state index contributed by atoms with van der Waals surface area (Å²) in [5, 5.41) is 0. The quantitative estimate of drug-likeness (QED) is 0.535. The van der Waals surface area contributed by atoms with Crippen LogP contribution in [0.1, 0.15) is 53.9 Å². The molecule has 0 bridgehead atoms. The van der Waals surface area contributed by atoms with E-state index in [1.807, 2.05) is 0 Å². The van der Waals surface area contributed by atoms with Crippen molar-refractivity contribution in [2.45, 2.75) is 53.9 Å². The third-order valence-corrected chi connectivity index (χ3v) is 1.82. The molecule has 0 unspecified atom stereocenters. The van der Waals surface area contributed by atoms with Crippen molar-refractivity contribution in [1.29, 1.82) is 0 Å². The lowest BCUT2D eigenvalue weighted by atomic mass is 9.89. The molecular formula is C11H22. The van der Waals surface area contributed by atoms with Gasteiger partial charge in [0.2, 0.25) is 0 Å². The number of allylic oxidation sites excluding steroid dienone is 2. The fourth-order valence-corrected chi connectivity index (χ4v) is 1.02. The summed E-state index contributed by atoms with van der Waals surface area (Å²) in [5.41, 5.74) is 2.03. The van der Waals surface area contributed by atoms with Gasteiger partial charge < -0.3 is 0 Å². The minimum atomic E-state index is 0.489. The van der Waals surface area contributed by atoms with Gasteiger partial charge in [0, 0.05) is 0 Å². The Hall–Kier alpha value is -0.260. The average Bonchev–Trinajstić information content (AvgIpc) is 1.83. The van der Waals surface area contributed by atoms with E-state index in [1.54, 1.807) is 5.57 Å². The SMILES string of the molecule is CCC=C(C)CCC(C)(C)C. The Morgan fingerprint density at radius 2 is 1.82 bits per heavy atom. The standard InChI is InChI=1S/C11H22/c1-6-7-10(2)8-9-11(3,4)5/h7H,6,8-9H2,1-5H3. The summed E-state index contributed by atoms with van der Waals surface area (Å²) in [6, 6.07) is 0. The van der Waals surface area contributed by atoms with Crippen LogP contribution in [-0.4, -0.2) is 0 Å². The van der Waals surface area contributed by atoms with Gasteiger partial charge in [0.1, 0.15) is 0 Å². The highest BCUT2D eigenvalue weighted by Gasteiger charge is 2.08. The summed E-state index contributed by atoms with van der Waals surface area (Å²) in [6.07, 6.45) is 6.06. The van der Waals surface area contributed by atoms with E-state index in [-0.39, 0.29) is 0 Å². The Kier molecular flexibility index (Phi) is 4.48. The maximum atomic E-state index is 2.33. The van der Waals surface area contributed by atoms with Crippen LogP contribution in [0.25, 0.3) is 0 Å². The first-order valence-electron chi connectivity index (χ1n) is 4.61. The van der Waals surface area contributed by atoms with E-state index in [2.05, 4.69) is 40.7 Å². The van der Waals surface area contributed by atoms with Crippen molar-refractivity contribution < 1.29 is 0 Å². The van der Waals surface area contributed by atoms with Gasteiger partial charge in [-0.2, -0.15) is 0 Å². The van der Waals surface area contributed by atoms with E-state index in [9.17, 15) is 0 Å². The van der Waals surface area contributed by atoms with Gasteiger partial charge >= 0.3 is 0 Å². The van der Waals surface area contributed by atoms with Crippen molar-refractivity contribution in [2.24, 2.45) is 5.41 Å². The Balaban J connectivity index is 3.62. The number of hydrogen-bond donors (Lipinski definition) is 0. The molecule has 66 valence electrons. The van der Waals surface area contributed by atoms with Crippen molar-refractivity contribution in [1.82, 2.24) is 0 Å². The predicted molar refractivity (Wildman–Crippen MR) is 52.7 cm³/mol. The highest BCUT2D eigenvalue weighted by molar-refractivity contribution is 4.97. The molecule has 0 spiro atoms. The Morgan fingerprint density at radius 3 is 2.18 bits per heavy atom. The summed E-state index contributed by atoms with van der Waals surface area (Å²) in [7, 11) is 0. The lowest BCUT2D eigenvalue weighted by Crippen LogP contribution is -2.04. The van der Waals surface area contributed by atoms with E-state index in [4.69, 9.17) is 0 Å². The van der Waals surface area contributed by atoms with Crippen LogP contribution in [0.15, 0.2) is 11.6 Å². The van der Waals surface area contributed by atoms with E-state index >= 15 is 0 Å². The molecule has 0 heterocycles. The van der Waals surface area contributed by atoms with Gasteiger partial charge in [-0.3, -0.25) is 0 Å². The van der Waals surface area contributed by atoms with E-state index < -0.39 is 0 Å². The van der Waals surface area contributed by atoms with Crippen molar-refractivity contribution in [3.63, 3.8) is 0 Å². The molecule has 0 rings (SSSR count). The largest absolute Gasteiger partial charge is 0.0859 e. The fraction of sp³-hybridized carbons (Fsp3) is 0.818. The topological polar surface area (TPSA) is 0 Å². The molecule has 0 aromatic rings. The predicted octanol–water partition coefficient (Wildman–Crippen LogP) is 4.17. The smallest absolute Gasteiger partial charge is 0.0318 e. The molecule has 0 aliphatic heterocycles. The van der Waals surface area contributed by atoms with Crippen LogP contribution in [-0.2, 0) is 0 Å². The molecule has 0 aliphatic rings. The second-order valence-corrected chi connectivity index (χ2v) is 4.52. The Morgan fingerprint density at radius 1 is 1.27 bits per heavy atom. The number of rotatable bonds is 3. The van der Waals surface area contributed by atoms with Crippen molar-refractivity contribution >= 4 is 0 Å². The molecule has 0 amide bonds. The fourth-order valence-electron chi connectivity index (χ4n) is 1.02. The van der Waals surface area contributed by atoms with Crippen LogP contribution in [0.3, 0.4) is 0 Å². The normalized spacial score (nSPS) is 13.7. The average molecular weight is 154 g/mol. The van der Waals surface area contributed by atoms with E-state index in [0.29, 0.717) is 5.41 Å². The first kappa shape index (κ1) is 10.7. The van der Waals surface area contributed by atoms with Gasteiger partial charge in [-0.1, -0.05) is 39.3 Å². The highest BCUT2D eigenvalue weighted by atomic mass is 14.1. The molecule has 0 saturated heterocycles. The zero-order valence-corrected chi connectivity index (χ0v) is 8.70. The van der Waals surface area contributed by atoms with Gasteiger partial charge in [-0.25, -0.2) is 0 Å². The Bertz CT molecular complexity index is 123. The zero-order valence-electron chi connectivity index (χ0n) is 8.70. The first-order chi connectivity index (χ1) is 4.95. The summed E-state index contributed by atoms with van der Waals surface area (Å²) in [5.74, 6) is 0. The molecule has 0 fully saturated rings. The molecule has 0 aromatic heterocycles. The van der Waals surface area contributed by atoms with E-state index in [0.717, 1.165) is 0 Å². The third-order valence-electron chi connectivity index (χ3n) is 1.82. The lowest BCUT2D eigenvalue weighted by Gasteiger charge is -2.17. The van der Waals surface area contributed by atoms with Crippen LogP contribution in [0, 0.1) is 5.41 Å². The maximum Gasteiger partial charge on any atom is -0.0318 e. The second kappa shape index (κ2) is 4.58. The highest BCUT2D eigenvalue weighted by Crippen LogP contribution is 2.23. The van der Waals surface area contributed by atoms with Crippen LogP contribution in [0.4, 0.5) is 0 Å². The van der Waals surface area contributed by atoms with Gasteiger partial charge in [-0.15, -0.1) is 0 Å². The summed E-state index contributed by atoms with van der Waals surface area (Å²) in [6.45, 7) is 11.3. The maximum absolute atomic E-state index is 2.33. The first-order valence-corrected chi connectivity index (χ1v) is 4.61. The molecule has 0 atom stereocenters. The van der Waals surface area contributed by atoms with Crippen molar-refractivity contribution in [3.05, 3.63) is 11.6 Å². The third kappa shape index (κ3) is 7.64. The van der Waals surface area contributed by atoms with Gasteiger partial charge in [-0.05, 0) is 31.6 Å². The lowest BCUT2D eigenvalue weighted by molar-refractivity contribution is 0.377. The molecular weight excluding hydrogens is 132 g/mol. The molecule has 0 N–H and O–H groups in total. The molecule has 0 heteroatoms. The van der Waals surface area contributed by atoms with Crippen molar-refractivity contribution in [3.8, 4) is 0 Å². The van der Waals surface area contributed by atoms with Crippen LogP contribution >= 0.6 is 0 Å². The van der Waals surface area contributed by atoms with Crippen LogP contribution < -0.4 is 0 Å². The van der Waals surface area contributed by atoms with E-state index in [1.165, 1.54) is 19.3 Å². The molecule has 0 saturated carbocycles. The van der Waals surface area contributed by atoms with Gasteiger partial charge in [0.25, 0.3) is 0 Å². The van der Waals surface area contributed by atoms with Crippen molar-refractivity contribution in [2.75, 3.05) is 0 Å². The van der Waals surface area contributed by atoms with Gasteiger partial charge in [0.05, 0.1) is 0 Å².